The molecule has 1 aromatic rings. The summed E-state index contributed by atoms with van der Waals surface area (Å²) in [7, 11) is 0. The summed E-state index contributed by atoms with van der Waals surface area (Å²) in [4.78, 5) is 15.8. The van der Waals surface area contributed by atoms with E-state index >= 15 is 0 Å². The summed E-state index contributed by atoms with van der Waals surface area (Å²) in [6.45, 7) is 7.56. The van der Waals surface area contributed by atoms with Crippen LogP contribution in [0.2, 0.25) is 0 Å². The van der Waals surface area contributed by atoms with Crippen molar-refractivity contribution >= 4 is 30.7 Å². The van der Waals surface area contributed by atoms with E-state index in [9.17, 15) is 4.79 Å². The molecule has 0 aromatic carbocycles. The lowest BCUT2D eigenvalue weighted by Crippen LogP contribution is -2.52. The third-order valence-electron chi connectivity index (χ3n) is 3.14. The molecule has 1 aliphatic heterocycles. The number of nitrogens with two attached hydrogens (primary N) is 1. The maximum absolute atomic E-state index is 11.7. The largest absolute Gasteiger partial charge is 0.361 e. The monoisotopic (exact) mass is 324 g/mol. The lowest BCUT2D eigenvalue weighted by atomic mass is 10.2. The van der Waals surface area contributed by atoms with Crippen LogP contribution in [-0.2, 0) is 11.3 Å². The molecule has 0 spiro atoms. The van der Waals surface area contributed by atoms with Crippen LogP contribution in [0, 0.1) is 6.92 Å². The summed E-state index contributed by atoms with van der Waals surface area (Å²) in [6, 6.07) is 1.54. The summed E-state index contributed by atoms with van der Waals surface area (Å²) in [5, 5.41) is 3.98. The van der Waals surface area contributed by atoms with Gasteiger partial charge >= 0.3 is 0 Å². The first-order valence-electron chi connectivity index (χ1n) is 6.25. The normalized spacial score (nSPS) is 17.1. The van der Waals surface area contributed by atoms with E-state index < -0.39 is 6.04 Å². The molecule has 6 nitrogen and oxygen atoms in total. The first kappa shape index (κ1) is 19.2. The summed E-state index contributed by atoms with van der Waals surface area (Å²) in [5.74, 6) is 0.864. The molecule has 2 rings (SSSR count). The lowest BCUT2D eigenvalue weighted by Gasteiger charge is -2.35. The van der Waals surface area contributed by atoms with Gasteiger partial charge in [-0.25, -0.2) is 0 Å². The quantitative estimate of drug-likeness (QED) is 0.890. The Bertz CT molecular complexity index is 417. The van der Waals surface area contributed by atoms with E-state index in [1.807, 2.05) is 17.9 Å². The third-order valence-corrected chi connectivity index (χ3v) is 3.14. The highest BCUT2D eigenvalue weighted by Crippen LogP contribution is 2.09. The molecule has 0 aliphatic carbocycles. The minimum absolute atomic E-state index is 0. The number of halogens is 2. The maximum atomic E-state index is 11.7. The fraction of sp³-hybridized carbons (Fsp3) is 0.667. The molecule has 1 atom stereocenters. The van der Waals surface area contributed by atoms with Gasteiger partial charge in [0, 0.05) is 38.8 Å². The molecule has 0 radical (unpaired) electrons. The number of carbonyl (C=O) groups is 1. The summed E-state index contributed by atoms with van der Waals surface area (Å²) < 4.78 is 5.04. The van der Waals surface area contributed by atoms with Crippen LogP contribution in [0.1, 0.15) is 18.4 Å². The average molecular weight is 325 g/mol. The van der Waals surface area contributed by atoms with Crippen molar-refractivity contribution in [3.05, 3.63) is 17.5 Å². The minimum Gasteiger partial charge on any atom is -0.361 e. The lowest BCUT2D eigenvalue weighted by molar-refractivity contribution is -0.134. The molecular formula is C12H22Cl2N4O2. The molecule has 8 heteroatoms. The number of nitrogens with zero attached hydrogens (tertiary/aromatic N) is 3. The van der Waals surface area contributed by atoms with Crippen molar-refractivity contribution in [3.8, 4) is 0 Å². The maximum Gasteiger partial charge on any atom is 0.239 e. The molecule has 0 saturated carbocycles. The minimum atomic E-state index is -0.408. The van der Waals surface area contributed by atoms with Crippen molar-refractivity contribution in [1.29, 1.82) is 0 Å². The number of amides is 1. The Balaban J connectivity index is 0.00000180. The standard InChI is InChI=1S/C12H20N4O2.2ClH/c1-9-7-11(14-18-9)8-15-3-5-16(6-4-15)12(17)10(2)13;;/h7,10H,3-6,8,13H2,1-2H3;2*1H/t10-;;/m1../s1. The smallest absolute Gasteiger partial charge is 0.239 e. The second kappa shape index (κ2) is 8.46. The van der Waals surface area contributed by atoms with Gasteiger partial charge in [0.05, 0.1) is 11.7 Å². The Kier molecular flexibility index (Phi) is 8.12. The number of aromatic nitrogens is 1. The van der Waals surface area contributed by atoms with Gasteiger partial charge in [-0.2, -0.15) is 0 Å². The van der Waals surface area contributed by atoms with Crippen molar-refractivity contribution in [3.63, 3.8) is 0 Å². The van der Waals surface area contributed by atoms with Gasteiger partial charge in [0.2, 0.25) is 5.91 Å². The highest BCUT2D eigenvalue weighted by molar-refractivity contribution is 5.85. The number of aryl methyl sites for hydroxylation is 1. The molecule has 1 aromatic heterocycles. The fourth-order valence-corrected chi connectivity index (χ4v) is 2.14. The van der Waals surface area contributed by atoms with Crippen LogP contribution in [0.15, 0.2) is 10.6 Å². The second-order valence-electron chi connectivity index (χ2n) is 4.82. The number of piperazine rings is 1. The zero-order chi connectivity index (χ0) is 13.1. The van der Waals surface area contributed by atoms with Gasteiger partial charge in [-0.05, 0) is 13.8 Å². The Morgan fingerprint density at radius 3 is 2.45 bits per heavy atom. The van der Waals surface area contributed by atoms with Crippen molar-refractivity contribution in [1.82, 2.24) is 15.0 Å². The van der Waals surface area contributed by atoms with E-state index in [1.165, 1.54) is 0 Å². The predicted molar refractivity (Wildman–Crippen MR) is 81.2 cm³/mol. The number of hydrogen-bond donors (Lipinski definition) is 1. The van der Waals surface area contributed by atoms with Gasteiger partial charge in [0.25, 0.3) is 0 Å². The van der Waals surface area contributed by atoms with Gasteiger partial charge in [-0.1, -0.05) is 5.16 Å². The summed E-state index contributed by atoms with van der Waals surface area (Å²) >= 11 is 0. The number of rotatable bonds is 3. The fourth-order valence-electron chi connectivity index (χ4n) is 2.14. The molecule has 20 heavy (non-hydrogen) atoms. The predicted octanol–water partition coefficient (Wildman–Crippen LogP) is 0.818. The molecule has 1 fully saturated rings. The van der Waals surface area contributed by atoms with E-state index in [0.717, 1.165) is 44.2 Å². The van der Waals surface area contributed by atoms with E-state index in [1.54, 1.807) is 6.92 Å². The average Bonchev–Trinajstić information content (AvgIpc) is 2.75. The van der Waals surface area contributed by atoms with Gasteiger partial charge in [0.15, 0.2) is 0 Å². The zero-order valence-corrected chi connectivity index (χ0v) is 13.4. The molecule has 1 amide bonds. The van der Waals surface area contributed by atoms with Crippen LogP contribution in [0.5, 0.6) is 0 Å². The van der Waals surface area contributed by atoms with E-state index in [-0.39, 0.29) is 30.7 Å². The van der Waals surface area contributed by atoms with Crippen molar-refractivity contribution in [2.24, 2.45) is 5.73 Å². The Hall–Kier alpha value is -0.820. The first-order chi connectivity index (χ1) is 8.56. The van der Waals surface area contributed by atoms with E-state index in [0.29, 0.717) is 0 Å². The van der Waals surface area contributed by atoms with Gasteiger partial charge in [-0.15, -0.1) is 24.8 Å². The molecule has 0 unspecified atom stereocenters. The van der Waals surface area contributed by atoms with Crippen LogP contribution in [0.25, 0.3) is 0 Å². The molecule has 1 aliphatic rings. The Labute approximate surface area is 131 Å². The highest BCUT2D eigenvalue weighted by atomic mass is 35.5. The van der Waals surface area contributed by atoms with Gasteiger partial charge in [0.1, 0.15) is 5.76 Å². The topological polar surface area (TPSA) is 75.6 Å². The van der Waals surface area contributed by atoms with Gasteiger partial charge in [-0.3, -0.25) is 9.69 Å². The molecule has 1 saturated heterocycles. The second-order valence-corrected chi connectivity index (χ2v) is 4.82. The number of carbonyl (C=O) groups excluding carboxylic acids is 1. The Morgan fingerprint density at radius 1 is 1.40 bits per heavy atom. The van der Waals surface area contributed by atoms with Crippen LogP contribution < -0.4 is 5.73 Å². The first-order valence-corrected chi connectivity index (χ1v) is 6.25. The molecular weight excluding hydrogens is 303 g/mol. The van der Waals surface area contributed by atoms with E-state index in [2.05, 4.69) is 10.1 Å². The third kappa shape index (κ3) is 4.94. The van der Waals surface area contributed by atoms with Crippen molar-refractivity contribution in [2.75, 3.05) is 26.2 Å². The molecule has 2 heterocycles. The molecule has 2 N–H and O–H groups in total. The molecule has 0 bridgehead atoms. The van der Waals surface area contributed by atoms with E-state index in [4.69, 9.17) is 10.3 Å². The van der Waals surface area contributed by atoms with Crippen LogP contribution >= 0.6 is 24.8 Å². The van der Waals surface area contributed by atoms with Crippen molar-refractivity contribution in [2.45, 2.75) is 26.4 Å². The number of hydrogen-bond acceptors (Lipinski definition) is 5. The van der Waals surface area contributed by atoms with Crippen molar-refractivity contribution < 1.29 is 9.32 Å². The zero-order valence-electron chi connectivity index (χ0n) is 11.7. The van der Waals surface area contributed by atoms with Gasteiger partial charge < -0.3 is 15.2 Å². The van der Waals surface area contributed by atoms with Crippen LogP contribution in [-0.4, -0.2) is 53.1 Å². The Morgan fingerprint density at radius 2 is 2.00 bits per heavy atom. The summed E-state index contributed by atoms with van der Waals surface area (Å²) in [5.41, 5.74) is 6.54. The molecule has 116 valence electrons. The summed E-state index contributed by atoms with van der Waals surface area (Å²) in [6.07, 6.45) is 0. The van der Waals surface area contributed by atoms with Crippen LogP contribution in [0.3, 0.4) is 0 Å². The SMILES string of the molecule is Cc1cc(CN2CCN(C(=O)[C@@H](C)N)CC2)no1.Cl.Cl. The van der Waals surface area contributed by atoms with Crippen LogP contribution in [0.4, 0.5) is 0 Å². The highest BCUT2D eigenvalue weighted by Gasteiger charge is 2.23.